The van der Waals surface area contributed by atoms with Crippen LogP contribution in [0.4, 0.5) is 0 Å². The van der Waals surface area contributed by atoms with Gasteiger partial charge in [0.2, 0.25) is 0 Å². The van der Waals surface area contributed by atoms with Crippen LogP contribution in [0.25, 0.3) is 0 Å². The average Bonchev–Trinajstić information content (AvgIpc) is 2.38. The first-order chi connectivity index (χ1) is 8.63. The lowest BCUT2D eigenvalue weighted by molar-refractivity contribution is 0.391. The predicted octanol–water partition coefficient (Wildman–Crippen LogP) is 3.02. The Morgan fingerprint density at radius 1 is 1.16 bits per heavy atom. The molecule has 0 heterocycles. The first-order valence-corrected chi connectivity index (χ1v) is 6.80. The van der Waals surface area contributed by atoms with Gasteiger partial charge in [-0.2, -0.15) is 0 Å². The van der Waals surface area contributed by atoms with E-state index in [1.807, 2.05) is 12.1 Å². The number of hydrogen-bond acceptors (Lipinski definition) is 4. The van der Waals surface area contributed by atoms with E-state index in [2.05, 4.69) is 15.9 Å². The molecule has 1 aromatic rings. The second-order valence-corrected chi connectivity index (χ2v) is 4.97. The zero-order valence-electron chi connectivity index (χ0n) is 11.3. The minimum Gasteiger partial charge on any atom is -0.496 e. The highest BCUT2D eigenvalue weighted by atomic mass is 79.9. The third-order valence-electron chi connectivity index (χ3n) is 2.87. The summed E-state index contributed by atoms with van der Waals surface area (Å²) in [6.45, 7) is 0.702. The lowest BCUT2D eigenvalue weighted by atomic mass is 10.0. The summed E-state index contributed by atoms with van der Waals surface area (Å²) in [6, 6.07) is 3.75. The van der Waals surface area contributed by atoms with E-state index >= 15 is 0 Å². The van der Waals surface area contributed by atoms with Crippen molar-refractivity contribution in [1.82, 2.24) is 0 Å². The summed E-state index contributed by atoms with van der Waals surface area (Å²) in [5.74, 6) is 1.54. The van der Waals surface area contributed by atoms with Gasteiger partial charge >= 0.3 is 0 Å². The molecule has 6 heteroatoms. The van der Waals surface area contributed by atoms with Crippen LogP contribution in [0.2, 0.25) is 0 Å². The highest BCUT2D eigenvalue weighted by molar-refractivity contribution is 9.10. The van der Waals surface area contributed by atoms with Gasteiger partial charge in [-0.1, -0.05) is 6.42 Å². The minimum atomic E-state index is -0.0616. The number of hydrogen-bond donors (Lipinski definition) is 2. The van der Waals surface area contributed by atoms with E-state index < -0.39 is 0 Å². The Bertz CT molecular complexity index is 391. The first-order valence-electron chi connectivity index (χ1n) is 6.01. The van der Waals surface area contributed by atoms with Gasteiger partial charge in [-0.05, 0) is 47.4 Å². The van der Waals surface area contributed by atoms with Gasteiger partial charge in [-0.25, -0.2) is 0 Å². The van der Waals surface area contributed by atoms with Crippen LogP contribution < -0.4 is 20.9 Å². The van der Waals surface area contributed by atoms with E-state index in [-0.39, 0.29) is 18.4 Å². The molecule has 4 N–H and O–H groups in total. The zero-order chi connectivity index (χ0) is 13.5. The van der Waals surface area contributed by atoms with Crippen molar-refractivity contribution >= 4 is 28.3 Å². The number of nitrogens with two attached hydrogens (primary N) is 2. The standard InChI is InChI=1S/C13H21BrN2O2.ClH/c1-17-12-8-10(14)13(18-2)7-9(12)11(16)5-3-4-6-15;/h7-8,11H,3-6,15-16H2,1-2H3;1H/t11-;/m0./s1. The van der Waals surface area contributed by atoms with Crippen molar-refractivity contribution in [3.05, 3.63) is 22.2 Å². The van der Waals surface area contributed by atoms with E-state index in [1.165, 1.54) is 0 Å². The SMILES string of the molecule is COc1cc([C@@H](N)CCCCN)c(OC)cc1Br.Cl. The van der Waals surface area contributed by atoms with Crippen LogP contribution in [0.15, 0.2) is 16.6 Å². The number of methoxy groups -OCH3 is 2. The largest absolute Gasteiger partial charge is 0.496 e. The number of benzene rings is 1. The van der Waals surface area contributed by atoms with Crippen LogP contribution in [0, 0.1) is 0 Å². The summed E-state index contributed by atoms with van der Waals surface area (Å²) < 4.78 is 11.5. The van der Waals surface area contributed by atoms with Crippen LogP contribution in [-0.2, 0) is 0 Å². The van der Waals surface area contributed by atoms with Crippen molar-refractivity contribution in [1.29, 1.82) is 0 Å². The first kappa shape index (κ1) is 18.5. The molecule has 0 unspecified atom stereocenters. The Labute approximate surface area is 129 Å². The Balaban J connectivity index is 0.00000324. The molecule has 0 aromatic heterocycles. The van der Waals surface area contributed by atoms with Crippen molar-refractivity contribution in [3.63, 3.8) is 0 Å². The molecule has 1 aromatic carbocycles. The average molecular weight is 354 g/mol. The molecule has 110 valence electrons. The van der Waals surface area contributed by atoms with E-state index in [0.29, 0.717) is 6.54 Å². The maximum atomic E-state index is 6.19. The zero-order valence-corrected chi connectivity index (χ0v) is 13.7. The number of rotatable bonds is 7. The lowest BCUT2D eigenvalue weighted by Gasteiger charge is -2.17. The lowest BCUT2D eigenvalue weighted by Crippen LogP contribution is -2.12. The fourth-order valence-corrected chi connectivity index (χ4v) is 2.32. The second kappa shape index (κ2) is 9.42. The smallest absolute Gasteiger partial charge is 0.133 e. The van der Waals surface area contributed by atoms with Crippen molar-refractivity contribution in [2.45, 2.75) is 25.3 Å². The normalized spacial score (nSPS) is 11.6. The summed E-state index contributed by atoms with van der Waals surface area (Å²) in [7, 11) is 3.28. The van der Waals surface area contributed by atoms with Crippen molar-refractivity contribution in [3.8, 4) is 11.5 Å². The third-order valence-corrected chi connectivity index (χ3v) is 3.49. The van der Waals surface area contributed by atoms with Gasteiger partial charge in [0.25, 0.3) is 0 Å². The molecule has 1 atom stereocenters. The van der Waals surface area contributed by atoms with Gasteiger partial charge < -0.3 is 20.9 Å². The molecule has 0 amide bonds. The van der Waals surface area contributed by atoms with Crippen LogP contribution in [0.3, 0.4) is 0 Å². The molecule has 0 aliphatic rings. The quantitative estimate of drug-likeness (QED) is 0.739. The molecule has 4 nitrogen and oxygen atoms in total. The van der Waals surface area contributed by atoms with Crippen LogP contribution in [-0.4, -0.2) is 20.8 Å². The van der Waals surface area contributed by atoms with Crippen molar-refractivity contribution < 1.29 is 9.47 Å². The maximum absolute atomic E-state index is 6.19. The minimum absolute atomic E-state index is 0. The summed E-state index contributed by atoms with van der Waals surface area (Å²) in [4.78, 5) is 0. The Hall–Kier alpha value is -0.490. The molecule has 0 bridgehead atoms. The summed E-state index contributed by atoms with van der Waals surface area (Å²) in [5.41, 5.74) is 12.6. The molecular weight excluding hydrogens is 332 g/mol. The van der Waals surface area contributed by atoms with E-state index in [1.54, 1.807) is 14.2 Å². The van der Waals surface area contributed by atoms with E-state index in [9.17, 15) is 0 Å². The molecule has 0 fully saturated rings. The van der Waals surface area contributed by atoms with Gasteiger partial charge in [0, 0.05) is 11.6 Å². The predicted molar refractivity (Wildman–Crippen MR) is 84.3 cm³/mol. The molecule has 0 aliphatic carbocycles. The van der Waals surface area contributed by atoms with Gasteiger partial charge in [0.1, 0.15) is 11.5 Å². The molecule has 0 saturated carbocycles. The van der Waals surface area contributed by atoms with Crippen LogP contribution >= 0.6 is 28.3 Å². The molecule has 0 aliphatic heterocycles. The summed E-state index contributed by atoms with van der Waals surface area (Å²) in [5, 5.41) is 0. The number of unbranched alkanes of at least 4 members (excludes halogenated alkanes) is 1. The van der Waals surface area contributed by atoms with Crippen LogP contribution in [0.1, 0.15) is 30.9 Å². The van der Waals surface area contributed by atoms with Crippen LogP contribution in [0.5, 0.6) is 11.5 Å². The topological polar surface area (TPSA) is 70.5 Å². The molecule has 0 spiro atoms. The Morgan fingerprint density at radius 3 is 2.32 bits per heavy atom. The monoisotopic (exact) mass is 352 g/mol. The summed E-state index contributed by atoms with van der Waals surface area (Å²) >= 11 is 3.43. The number of ether oxygens (including phenoxy) is 2. The third kappa shape index (κ3) is 5.18. The molecule has 0 saturated heterocycles. The number of halogens is 2. The highest BCUT2D eigenvalue weighted by Gasteiger charge is 2.15. The van der Waals surface area contributed by atoms with Crippen molar-refractivity contribution in [2.24, 2.45) is 11.5 Å². The fourth-order valence-electron chi connectivity index (χ4n) is 1.84. The molecule has 1 rings (SSSR count). The second-order valence-electron chi connectivity index (χ2n) is 4.12. The maximum Gasteiger partial charge on any atom is 0.133 e. The molecular formula is C13H22BrClN2O2. The van der Waals surface area contributed by atoms with E-state index in [4.69, 9.17) is 20.9 Å². The van der Waals surface area contributed by atoms with Gasteiger partial charge in [-0.15, -0.1) is 12.4 Å². The summed E-state index contributed by atoms with van der Waals surface area (Å²) in [6.07, 6.45) is 2.89. The molecule has 0 radical (unpaired) electrons. The van der Waals surface area contributed by atoms with E-state index in [0.717, 1.165) is 40.8 Å². The Morgan fingerprint density at radius 2 is 1.79 bits per heavy atom. The Kier molecular flexibility index (Phi) is 9.18. The highest BCUT2D eigenvalue weighted by Crippen LogP contribution is 2.36. The van der Waals surface area contributed by atoms with Gasteiger partial charge in [-0.3, -0.25) is 0 Å². The van der Waals surface area contributed by atoms with Crippen molar-refractivity contribution in [2.75, 3.05) is 20.8 Å². The molecule has 19 heavy (non-hydrogen) atoms. The van der Waals surface area contributed by atoms with Gasteiger partial charge in [0.15, 0.2) is 0 Å². The fraction of sp³-hybridized carbons (Fsp3) is 0.538. The van der Waals surface area contributed by atoms with Gasteiger partial charge in [0.05, 0.1) is 18.7 Å².